The maximum atomic E-state index is 13.3. The lowest BCUT2D eigenvalue weighted by molar-refractivity contribution is -0.141. The summed E-state index contributed by atoms with van der Waals surface area (Å²) >= 11 is 0. The lowest BCUT2D eigenvalue weighted by atomic mass is 10.1. The van der Waals surface area contributed by atoms with Crippen molar-refractivity contribution >= 4 is 27.5 Å². The molecule has 0 fully saturated rings. The molecule has 1 atom stereocenters. The zero-order chi connectivity index (χ0) is 26.0. The lowest BCUT2D eigenvalue weighted by Gasteiger charge is -2.31. The van der Waals surface area contributed by atoms with Gasteiger partial charge in [-0.1, -0.05) is 25.1 Å². The molecule has 0 aliphatic rings. The Hall–Kier alpha value is -3.27. The first-order valence-electron chi connectivity index (χ1n) is 11.4. The van der Waals surface area contributed by atoms with Gasteiger partial charge in [-0.25, -0.2) is 8.42 Å². The van der Waals surface area contributed by atoms with Gasteiger partial charge >= 0.3 is 0 Å². The molecule has 0 aliphatic heterocycles. The lowest BCUT2D eigenvalue weighted by Crippen LogP contribution is -2.48. The van der Waals surface area contributed by atoms with Gasteiger partial charge in [0, 0.05) is 32.6 Å². The Morgan fingerprint density at radius 2 is 1.66 bits per heavy atom. The molecule has 35 heavy (non-hydrogen) atoms. The van der Waals surface area contributed by atoms with Crippen LogP contribution in [0.2, 0.25) is 0 Å². The van der Waals surface area contributed by atoms with Crippen molar-refractivity contribution in [1.82, 2.24) is 10.2 Å². The Kier molecular flexibility index (Phi) is 10.4. The molecule has 0 unspecified atom stereocenters. The van der Waals surface area contributed by atoms with Gasteiger partial charge in [0.1, 0.15) is 17.5 Å². The third-order valence-electron chi connectivity index (χ3n) is 5.61. The van der Waals surface area contributed by atoms with E-state index in [0.717, 1.165) is 11.8 Å². The molecule has 2 rings (SSSR count). The number of likely N-dealkylation sites (N-methyl/N-ethyl adjacent to an activating group) is 1. The number of anilines is 1. The number of nitrogens with zero attached hydrogens (tertiary/aromatic N) is 2. The van der Waals surface area contributed by atoms with Crippen molar-refractivity contribution in [3.63, 3.8) is 0 Å². The van der Waals surface area contributed by atoms with Gasteiger partial charge in [0.2, 0.25) is 21.8 Å². The van der Waals surface area contributed by atoms with E-state index in [9.17, 15) is 18.0 Å². The molecule has 0 aromatic heterocycles. The van der Waals surface area contributed by atoms with Gasteiger partial charge in [-0.3, -0.25) is 13.9 Å². The fraction of sp³-hybridized carbons (Fsp3) is 0.440. The molecular formula is C25H35N3O6S. The third kappa shape index (κ3) is 7.88. The summed E-state index contributed by atoms with van der Waals surface area (Å²) in [5.41, 5.74) is 1.29. The van der Waals surface area contributed by atoms with Gasteiger partial charge in [0.25, 0.3) is 0 Å². The summed E-state index contributed by atoms with van der Waals surface area (Å²) in [5, 5.41) is 2.63. The van der Waals surface area contributed by atoms with Crippen molar-refractivity contribution in [1.29, 1.82) is 0 Å². The maximum absolute atomic E-state index is 13.3. The predicted molar refractivity (Wildman–Crippen MR) is 136 cm³/mol. The molecule has 2 aromatic rings. The van der Waals surface area contributed by atoms with Crippen LogP contribution in [-0.2, 0) is 26.2 Å². The molecule has 1 N–H and O–H groups in total. The number of benzene rings is 2. The summed E-state index contributed by atoms with van der Waals surface area (Å²) in [6, 6.07) is 13.4. The Morgan fingerprint density at radius 1 is 1.03 bits per heavy atom. The molecule has 0 heterocycles. The first-order valence-corrected chi connectivity index (χ1v) is 13.2. The molecular weight excluding hydrogens is 470 g/mol. The molecule has 10 heteroatoms. The van der Waals surface area contributed by atoms with Crippen LogP contribution in [0.5, 0.6) is 11.5 Å². The molecule has 0 radical (unpaired) electrons. The van der Waals surface area contributed by atoms with Gasteiger partial charge in [-0.15, -0.1) is 0 Å². The van der Waals surface area contributed by atoms with E-state index in [2.05, 4.69) is 5.32 Å². The van der Waals surface area contributed by atoms with Gasteiger partial charge in [-0.05, 0) is 42.7 Å². The minimum absolute atomic E-state index is 0.0768. The predicted octanol–water partition coefficient (Wildman–Crippen LogP) is 2.80. The number of carbonyl (C=O) groups is 2. The summed E-state index contributed by atoms with van der Waals surface area (Å²) in [7, 11) is 1.03. The van der Waals surface area contributed by atoms with Gasteiger partial charge in [0.15, 0.2) is 0 Å². The number of rotatable bonds is 13. The average molecular weight is 506 g/mol. The van der Waals surface area contributed by atoms with E-state index in [-0.39, 0.29) is 37.7 Å². The number of methoxy groups -OCH3 is 2. The summed E-state index contributed by atoms with van der Waals surface area (Å²) in [6.07, 6.45) is 1.92. The first kappa shape index (κ1) is 28.0. The Balaban J connectivity index is 2.21. The second-order valence-electron chi connectivity index (χ2n) is 8.05. The van der Waals surface area contributed by atoms with Crippen molar-refractivity contribution in [2.75, 3.05) is 38.4 Å². The van der Waals surface area contributed by atoms with Crippen molar-refractivity contribution in [2.24, 2.45) is 0 Å². The number of amides is 2. The molecule has 2 aromatic carbocycles. The van der Waals surface area contributed by atoms with Gasteiger partial charge < -0.3 is 19.7 Å². The molecule has 2 amide bonds. The number of nitrogens with one attached hydrogen (secondary N) is 1. The number of ether oxygens (including phenoxy) is 2. The Bertz CT molecular complexity index is 1110. The molecule has 0 bridgehead atoms. The van der Waals surface area contributed by atoms with E-state index in [4.69, 9.17) is 9.47 Å². The van der Waals surface area contributed by atoms with Crippen LogP contribution in [0.15, 0.2) is 48.5 Å². The number of carbonyl (C=O) groups excluding carboxylic acids is 2. The second-order valence-corrected chi connectivity index (χ2v) is 9.96. The van der Waals surface area contributed by atoms with Crippen molar-refractivity contribution in [3.05, 3.63) is 54.1 Å². The van der Waals surface area contributed by atoms with Crippen molar-refractivity contribution in [2.45, 2.75) is 38.8 Å². The fourth-order valence-electron chi connectivity index (χ4n) is 3.82. The summed E-state index contributed by atoms with van der Waals surface area (Å²) in [5.74, 6) is 0.707. The maximum Gasteiger partial charge on any atom is 0.242 e. The van der Waals surface area contributed by atoms with E-state index in [1.54, 1.807) is 36.3 Å². The van der Waals surface area contributed by atoms with Crippen LogP contribution in [0, 0.1) is 0 Å². The zero-order valence-corrected chi connectivity index (χ0v) is 21.8. The number of hydrogen-bond donors (Lipinski definition) is 1. The van der Waals surface area contributed by atoms with E-state index < -0.39 is 16.1 Å². The van der Waals surface area contributed by atoms with Crippen LogP contribution in [0.4, 0.5) is 5.69 Å². The van der Waals surface area contributed by atoms with Crippen LogP contribution >= 0.6 is 0 Å². The van der Waals surface area contributed by atoms with Crippen molar-refractivity contribution < 1.29 is 27.5 Å². The van der Waals surface area contributed by atoms with Crippen LogP contribution in [-0.4, -0.2) is 65.2 Å². The average Bonchev–Trinajstić information content (AvgIpc) is 2.85. The van der Waals surface area contributed by atoms with E-state index in [0.29, 0.717) is 23.6 Å². The summed E-state index contributed by atoms with van der Waals surface area (Å²) in [4.78, 5) is 27.4. The minimum atomic E-state index is -3.58. The second kappa shape index (κ2) is 13.0. The highest BCUT2D eigenvalue weighted by molar-refractivity contribution is 7.92. The molecule has 9 nitrogen and oxygen atoms in total. The van der Waals surface area contributed by atoms with E-state index >= 15 is 0 Å². The Labute approximate surface area is 208 Å². The van der Waals surface area contributed by atoms with Gasteiger partial charge in [0.05, 0.1) is 26.2 Å². The molecule has 0 aliphatic carbocycles. The third-order valence-corrected chi connectivity index (χ3v) is 6.81. The molecule has 192 valence electrons. The topological polar surface area (TPSA) is 105 Å². The number of hydrogen-bond acceptors (Lipinski definition) is 6. The smallest absolute Gasteiger partial charge is 0.242 e. The standard InChI is InChI=1S/C25H35N3O6S/c1-6-23(25(30)26-2)27(18-19-10-7-12-21(16-19)33-3)24(29)14-9-15-28(35(5,31)32)20-11-8-13-22(17-20)34-4/h7-8,10-13,16-17,23H,6,9,14-15,18H2,1-5H3,(H,26,30)/t23-/m0/s1. The highest BCUT2D eigenvalue weighted by atomic mass is 32.2. The SMILES string of the molecule is CC[C@@H](C(=O)NC)N(Cc1cccc(OC)c1)C(=O)CCCN(c1cccc(OC)c1)S(C)(=O)=O. The largest absolute Gasteiger partial charge is 0.497 e. The molecule has 0 saturated heterocycles. The zero-order valence-electron chi connectivity index (χ0n) is 21.0. The Morgan fingerprint density at radius 3 is 2.23 bits per heavy atom. The minimum Gasteiger partial charge on any atom is -0.497 e. The van der Waals surface area contributed by atoms with E-state index in [1.165, 1.54) is 18.5 Å². The molecule has 0 spiro atoms. The van der Waals surface area contributed by atoms with Crippen molar-refractivity contribution in [3.8, 4) is 11.5 Å². The normalized spacial score (nSPS) is 11.9. The van der Waals surface area contributed by atoms with Gasteiger partial charge in [-0.2, -0.15) is 0 Å². The molecule has 0 saturated carbocycles. The number of sulfonamides is 1. The quantitative estimate of drug-likeness (QED) is 0.449. The van der Waals surface area contributed by atoms with Crippen LogP contribution in [0.25, 0.3) is 0 Å². The monoisotopic (exact) mass is 505 g/mol. The highest BCUT2D eigenvalue weighted by Crippen LogP contribution is 2.24. The fourth-order valence-corrected chi connectivity index (χ4v) is 4.78. The summed E-state index contributed by atoms with van der Waals surface area (Å²) < 4.78 is 36.6. The van der Waals surface area contributed by atoms with E-state index in [1.807, 2.05) is 31.2 Å². The first-order chi connectivity index (χ1) is 16.6. The van der Waals surface area contributed by atoms with Crippen LogP contribution < -0.4 is 19.1 Å². The van der Waals surface area contributed by atoms with Crippen LogP contribution in [0.1, 0.15) is 31.7 Å². The highest BCUT2D eigenvalue weighted by Gasteiger charge is 2.28. The summed E-state index contributed by atoms with van der Waals surface area (Å²) in [6.45, 7) is 2.19. The van der Waals surface area contributed by atoms with Crippen LogP contribution in [0.3, 0.4) is 0 Å².